The van der Waals surface area contributed by atoms with E-state index in [0.29, 0.717) is 18.6 Å². The maximum absolute atomic E-state index is 12.6. The molecule has 0 spiro atoms. The molecule has 1 amide bonds. The van der Waals surface area contributed by atoms with Crippen molar-refractivity contribution in [2.45, 2.75) is 45.5 Å². The molecule has 1 aromatic heterocycles. The van der Waals surface area contributed by atoms with Gasteiger partial charge in [0.25, 0.3) is 5.91 Å². The molecule has 7 heteroatoms. The van der Waals surface area contributed by atoms with E-state index in [1.807, 2.05) is 0 Å². The van der Waals surface area contributed by atoms with Gasteiger partial charge < -0.3 is 15.1 Å². The van der Waals surface area contributed by atoms with E-state index in [2.05, 4.69) is 0 Å². The van der Waals surface area contributed by atoms with Gasteiger partial charge in [-0.2, -0.15) is 13.2 Å². The van der Waals surface area contributed by atoms with Crippen LogP contribution in [0.5, 0.6) is 0 Å². The standard InChI is InChI=1S/C13H19F3N2O2/c1-3-9(4-2)18(8-13(14,15)16)12(19)11-6-5-10(7-17)20-11/h5-6,9H,3-4,7-8,17H2,1-2H3. The minimum atomic E-state index is -4.44. The Hall–Kier alpha value is -1.50. The van der Waals surface area contributed by atoms with Crippen LogP contribution in [0.2, 0.25) is 0 Å². The van der Waals surface area contributed by atoms with E-state index in [9.17, 15) is 18.0 Å². The summed E-state index contributed by atoms with van der Waals surface area (Å²) in [6.45, 7) is 2.31. The van der Waals surface area contributed by atoms with E-state index >= 15 is 0 Å². The molecule has 0 fully saturated rings. The second-order valence-corrected chi connectivity index (χ2v) is 4.49. The maximum Gasteiger partial charge on any atom is 0.406 e. The SMILES string of the molecule is CCC(CC)N(CC(F)(F)F)C(=O)c1ccc(CN)o1. The van der Waals surface area contributed by atoms with E-state index in [0.717, 1.165) is 4.90 Å². The van der Waals surface area contributed by atoms with E-state index in [1.165, 1.54) is 12.1 Å². The molecule has 4 nitrogen and oxygen atoms in total. The fourth-order valence-electron chi connectivity index (χ4n) is 2.03. The molecule has 114 valence electrons. The van der Waals surface area contributed by atoms with Crippen molar-refractivity contribution in [2.24, 2.45) is 5.73 Å². The van der Waals surface area contributed by atoms with E-state index < -0.39 is 24.7 Å². The molecule has 0 aliphatic carbocycles. The Morgan fingerprint density at radius 2 is 1.95 bits per heavy atom. The summed E-state index contributed by atoms with van der Waals surface area (Å²) in [7, 11) is 0. The Kier molecular flexibility index (Phi) is 5.62. The minimum absolute atomic E-state index is 0.0948. The predicted octanol–water partition coefficient (Wildman–Crippen LogP) is 2.93. The molecule has 0 aromatic carbocycles. The van der Waals surface area contributed by atoms with Crippen LogP contribution >= 0.6 is 0 Å². The normalized spacial score (nSPS) is 11.9. The number of amides is 1. The smallest absolute Gasteiger partial charge is 0.406 e. The van der Waals surface area contributed by atoms with Gasteiger partial charge in [0.05, 0.1) is 6.54 Å². The first-order valence-corrected chi connectivity index (χ1v) is 6.48. The second-order valence-electron chi connectivity index (χ2n) is 4.49. The van der Waals surface area contributed by atoms with Gasteiger partial charge in [0.1, 0.15) is 12.3 Å². The number of rotatable bonds is 6. The first-order chi connectivity index (χ1) is 9.32. The lowest BCUT2D eigenvalue weighted by Gasteiger charge is -2.30. The molecule has 0 saturated heterocycles. The molecule has 0 aliphatic heterocycles. The highest BCUT2D eigenvalue weighted by Gasteiger charge is 2.36. The highest BCUT2D eigenvalue weighted by Crippen LogP contribution is 2.23. The predicted molar refractivity (Wildman–Crippen MR) is 68.1 cm³/mol. The Balaban J connectivity index is 2.99. The monoisotopic (exact) mass is 292 g/mol. The van der Waals surface area contributed by atoms with Gasteiger partial charge in [-0.3, -0.25) is 4.79 Å². The summed E-state index contributed by atoms with van der Waals surface area (Å²) in [4.78, 5) is 13.0. The first kappa shape index (κ1) is 16.6. The number of carbonyl (C=O) groups is 1. The minimum Gasteiger partial charge on any atom is -0.455 e. The molecule has 0 unspecified atom stereocenters. The molecule has 0 atom stereocenters. The van der Waals surface area contributed by atoms with Gasteiger partial charge in [-0.15, -0.1) is 0 Å². The molecule has 1 rings (SSSR count). The van der Waals surface area contributed by atoms with Gasteiger partial charge in [-0.1, -0.05) is 13.8 Å². The van der Waals surface area contributed by atoms with Gasteiger partial charge in [0.2, 0.25) is 0 Å². The van der Waals surface area contributed by atoms with Crippen molar-refractivity contribution in [3.63, 3.8) is 0 Å². The van der Waals surface area contributed by atoms with Crippen molar-refractivity contribution in [1.29, 1.82) is 0 Å². The third kappa shape index (κ3) is 4.26. The van der Waals surface area contributed by atoms with Crippen molar-refractivity contribution in [3.05, 3.63) is 23.7 Å². The van der Waals surface area contributed by atoms with Crippen molar-refractivity contribution in [1.82, 2.24) is 4.90 Å². The lowest BCUT2D eigenvalue weighted by atomic mass is 10.1. The van der Waals surface area contributed by atoms with Gasteiger partial charge in [0, 0.05) is 6.04 Å². The van der Waals surface area contributed by atoms with Crippen molar-refractivity contribution >= 4 is 5.91 Å². The first-order valence-electron chi connectivity index (χ1n) is 6.48. The number of hydrogen-bond acceptors (Lipinski definition) is 3. The highest BCUT2D eigenvalue weighted by atomic mass is 19.4. The summed E-state index contributed by atoms with van der Waals surface area (Å²) in [5.41, 5.74) is 5.35. The van der Waals surface area contributed by atoms with Gasteiger partial charge in [-0.05, 0) is 25.0 Å². The average molecular weight is 292 g/mol. The third-order valence-electron chi connectivity index (χ3n) is 3.07. The topological polar surface area (TPSA) is 59.5 Å². The number of halogens is 3. The van der Waals surface area contributed by atoms with Crippen LogP contribution in [0.3, 0.4) is 0 Å². The lowest BCUT2D eigenvalue weighted by Crippen LogP contribution is -2.45. The molecule has 0 bridgehead atoms. The number of nitrogens with zero attached hydrogens (tertiary/aromatic N) is 1. The summed E-state index contributed by atoms with van der Waals surface area (Å²) in [5, 5.41) is 0. The zero-order valence-corrected chi connectivity index (χ0v) is 11.5. The van der Waals surface area contributed by atoms with Gasteiger partial charge in [0.15, 0.2) is 5.76 Å². The van der Waals surface area contributed by atoms with Crippen LogP contribution in [0.1, 0.15) is 43.0 Å². The molecule has 1 aromatic rings. The number of furan rings is 1. The van der Waals surface area contributed by atoms with Crippen molar-refractivity contribution in [2.75, 3.05) is 6.54 Å². The summed E-state index contributed by atoms with van der Waals surface area (Å²) in [5.74, 6) is -0.498. The van der Waals surface area contributed by atoms with Crippen LogP contribution in [0, 0.1) is 0 Å². The molecular formula is C13H19F3N2O2. The molecule has 2 N–H and O–H groups in total. The quantitative estimate of drug-likeness (QED) is 0.877. The van der Waals surface area contributed by atoms with Gasteiger partial charge in [-0.25, -0.2) is 0 Å². The molecule has 1 heterocycles. The van der Waals surface area contributed by atoms with Crippen LogP contribution in [0.4, 0.5) is 13.2 Å². The van der Waals surface area contributed by atoms with E-state index in [-0.39, 0.29) is 12.3 Å². The molecule has 0 radical (unpaired) electrons. The summed E-state index contributed by atoms with van der Waals surface area (Å²) in [6.07, 6.45) is -3.55. The molecular weight excluding hydrogens is 273 g/mol. The van der Waals surface area contributed by atoms with Gasteiger partial charge >= 0.3 is 6.18 Å². The van der Waals surface area contributed by atoms with Crippen molar-refractivity contribution in [3.8, 4) is 0 Å². The molecule has 0 saturated carbocycles. The number of carbonyl (C=O) groups excluding carboxylic acids is 1. The highest BCUT2D eigenvalue weighted by molar-refractivity contribution is 5.91. The zero-order valence-electron chi connectivity index (χ0n) is 11.5. The maximum atomic E-state index is 12.6. The second kappa shape index (κ2) is 6.78. The van der Waals surface area contributed by atoms with E-state index in [1.54, 1.807) is 13.8 Å². The summed E-state index contributed by atoms with van der Waals surface area (Å²) in [6, 6.07) is 2.37. The van der Waals surface area contributed by atoms with Crippen LogP contribution < -0.4 is 5.73 Å². The van der Waals surface area contributed by atoms with Crippen molar-refractivity contribution < 1.29 is 22.4 Å². The van der Waals surface area contributed by atoms with Crippen LogP contribution in [0.15, 0.2) is 16.5 Å². The van der Waals surface area contributed by atoms with Crippen LogP contribution in [0.25, 0.3) is 0 Å². The zero-order chi connectivity index (χ0) is 15.3. The van der Waals surface area contributed by atoms with E-state index in [4.69, 9.17) is 10.2 Å². The molecule has 20 heavy (non-hydrogen) atoms. The summed E-state index contributed by atoms with van der Waals surface area (Å²) >= 11 is 0. The molecule has 0 aliphatic rings. The Bertz CT molecular complexity index is 439. The fourth-order valence-corrected chi connectivity index (χ4v) is 2.03. The third-order valence-corrected chi connectivity index (χ3v) is 3.07. The number of nitrogens with two attached hydrogens (primary N) is 1. The fraction of sp³-hybridized carbons (Fsp3) is 0.615. The number of hydrogen-bond donors (Lipinski definition) is 1. The Morgan fingerprint density at radius 1 is 1.35 bits per heavy atom. The summed E-state index contributed by atoms with van der Waals surface area (Å²) < 4.78 is 43.1. The average Bonchev–Trinajstić information content (AvgIpc) is 2.85. The Labute approximate surface area is 115 Å². The lowest BCUT2D eigenvalue weighted by molar-refractivity contribution is -0.145. The largest absolute Gasteiger partial charge is 0.455 e. The van der Waals surface area contributed by atoms with Crippen LogP contribution in [-0.2, 0) is 6.54 Å². The Morgan fingerprint density at radius 3 is 2.35 bits per heavy atom. The number of alkyl halides is 3. The van der Waals surface area contributed by atoms with Crippen LogP contribution in [-0.4, -0.2) is 29.6 Å².